The van der Waals surface area contributed by atoms with Gasteiger partial charge in [0.1, 0.15) is 12.2 Å². The monoisotopic (exact) mass is 355 g/mol. The lowest BCUT2D eigenvalue weighted by Gasteiger charge is -2.19. The molecular weight excluding hydrogens is 341 g/mol. The molecule has 1 aromatic rings. The minimum absolute atomic E-state index is 0.297. The fourth-order valence-corrected chi connectivity index (χ4v) is 3.08. The number of hydrogen-bond donors (Lipinski definition) is 1. The zero-order valence-corrected chi connectivity index (χ0v) is 13.7. The van der Waals surface area contributed by atoms with Crippen LogP contribution < -0.4 is 5.14 Å². The fraction of sp³-hybridized carbons (Fsp3) is 0.500. The Morgan fingerprint density at radius 2 is 1.86 bits per heavy atom. The molecule has 0 saturated carbocycles. The Hall–Kier alpha value is -0.410. The van der Waals surface area contributed by atoms with Crippen LogP contribution in [0.2, 0.25) is 10.0 Å². The molecule has 0 spiro atoms. The third-order valence-corrected chi connectivity index (χ3v) is 3.99. The fourth-order valence-electron chi connectivity index (χ4n) is 2.15. The SMILES string of the molecule is CC1(C)OC(COS(N)(=O)=O)C(c2c(Cl)cccc2Cl)O1. The summed E-state index contributed by atoms with van der Waals surface area (Å²) in [6.07, 6.45) is -1.38. The van der Waals surface area contributed by atoms with Gasteiger partial charge in [0.15, 0.2) is 5.79 Å². The summed E-state index contributed by atoms with van der Waals surface area (Å²) >= 11 is 12.3. The Kier molecular flexibility index (Phi) is 4.84. The predicted molar refractivity (Wildman–Crippen MR) is 78.3 cm³/mol. The van der Waals surface area contributed by atoms with Gasteiger partial charge in [-0.25, -0.2) is 5.14 Å². The quantitative estimate of drug-likeness (QED) is 0.895. The maximum Gasteiger partial charge on any atom is 0.333 e. The molecule has 0 radical (unpaired) electrons. The first-order valence-corrected chi connectivity index (χ1v) is 8.28. The highest BCUT2D eigenvalue weighted by Gasteiger charge is 2.44. The number of rotatable bonds is 4. The molecule has 1 aliphatic heterocycles. The summed E-state index contributed by atoms with van der Waals surface area (Å²) in [6.45, 7) is 3.10. The Labute approximate surface area is 133 Å². The van der Waals surface area contributed by atoms with Gasteiger partial charge in [-0.1, -0.05) is 29.3 Å². The van der Waals surface area contributed by atoms with Gasteiger partial charge in [-0.05, 0) is 26.0 Å². The first kappa shape index (κ1) is 17.0. The molecule has 2 unspecified atom stereocenters. The highest BCUT2D eigenvalue weighted by Crippen LogP contribution is 2.43. The molecule has 1 fully saturated rings. The second-order valence-electron chi connectivity index (χ2n) is 5.01. The second-order valence-corrected chi connectivity index (χ2v) is 7.04. The summed E-state index contributed by atoms with van der Waals surface area (Å²) < 4.78 is 37.9. The molecule has 9 heteroatoms. The predicted octanol–water partition coefficient (Wildman–Crippen LogP) is 2.41. The van der Waals surface area contributed by atoms with Crippen molar-refractivity contribution in [1.29, 1.82) is 0 Å². The summed E-state index contributed by atoms with van der Waals surface area (Å²) in [5, 5.41) is 5.62. The van der Waals surface area contributed by atoms with Crippen LogP contribution in [-0.4, -0.2) is 26.9 Å². The van der Waals surface area contributed by atoms with Crippen LogP contribution in [0.5, 0.6) is 0 Å². The molecule has 2 rings (SSSR count). The maximum absolute atomic E-state index is 10.9. The molecule has 0 bridgehead atoms. The van der Waals surface area contributed by atoms with Crippen LogP contribution in [0.25, 0.3) is 0 Å². The molecule has 0 amide bonds. The smallest absolute Gasteiger partial charge is 0.333 e. The zero-order chi connectivity index (χ0) is 15.8. The van der Waals surface area contributed by atoms with Crippen molar-refractivity contribution in [2.45, 2.75) is 31.8 Å². The van der Waals surface area contributed by atoms with Gasteiger partial charge < -0.3 is 9.47 Å². The molecule has 2 atom stereocenters. The van der Waals surface area contributed by atoms with Crippen LogP contribution in [0.15, 0.2) is 18.2 Å². The van der Waals surface area contributed by atoms with Crippen molar-refractivity contribution in [1.82, 2.24) is 0 Å². The summed E-state index contributed by atoms with van der Waals surface area (Å²) in [7, 11) is -4.08. The van der Waals surface area contributed by atoms with E-state index in [2.05, 4.69) is 4.18 Å². The Morgan fingerprint density at radius 3 is 2.38 bits per heavy atom. The standard InChI is InChI=1S/C12H15Cl2NO5S/c1-12(2)19-9(6-18-21(15,16)17)11(20-12)10-7(13)4-3-5-8(10)14/h3-5,9,11H,6H2,1-2H3,(H2,15,16,17). The Bertz CT molecular complexity index is 614. The van der Waals surface area contributed by atoms with Crippen molar-refractivity contribution in [3.63, 3.8) is 0 Å². The Morgan fingerprint density at radius 1 is 1.29 bits per heavy atom. The highest BCUT2D eigenvalue weighted by atomic mass is 35.5. The van der Waals surface area contributed by atoms with Crippen LogP contribution in [0.1, 0.15) is 25.5 Å². The van der Waals surface area contributed by atoms with E-state index in [0.29, 0.717) is 15.6 Å². The first-order chi connectivity index (χ1) is 9.59. The normalized spacial score (nSPS) is 25.2. The summed E-state index contributed by atoms with van der Waals surface area (Å²) in [6, 6.07) is 5.02. The third kappa shape index (κ3) is 4.29. The van der Waals surface area contributed by atoms with Crippen LogP contribution in [-0.2, 0) is 24.0 Å². The van der Waals surface area contributed by atoms with Gasteiger partial charge in [-0.2, -0.15) is 8.42 Å². The summed E-state index contributed by atoms with van der Waals surface area (Å²) in [4.78, 5) is 0. The van der Waals surface area contributed by atoms with E-state index in [1.54, 1.807) is 32.0 Å². The molecule has 21 heavy (non-hydrogen) atoms. The van der Waals surface area contributed by atoms with E-state index in [-0.39, 0.29) is 6.61 Å². The largest absolute Gasteiger partial charge is 0.342 e. The lowest BCUT2D eigenvalue weighted by atomic mass is 10.0. The van der Waals surface area contributed by atoms with E-state index in [1.165, 1.54) is 0 Å². The number of ether oxygens (including phenoxy) is 2. The molecule has 1 saturated heterocycles. The number of hydrogen-bond acceptors (Lipinski definition) is 5. The van der Waals surface area contributed by atoms with Crippen molar-refractivity contribution < 1.29 is 22.1 Å². The third-order valence-electron chi connectivity index (χ3n) is 2.86. The van der Waals surface area contributed by atoms with Gasteiger partial charge in [0.25, 0.3) is 0 Å². The van der Waals surface area contributed by atoms with Gasteiger partial charge in [0, 0.05) is 15.6 Å². The molecule has 118 valence electrons. The molecule has 6 nitrogen and oxygen atoms in total. The highest BCUT2D eigenvalue weighted by molar-refractivity contribution is 7.84. The van der Waals surface area contributed by atoms with Crippen molar-refractivity contribution in [3.05, 3.63) is 33.8 Å². The van der Waals surface area contributed by atoms with Crippen molar-refractivity contribution in [2.75, 3.05) is 6.61 Å². The van der Waals surface area contributed by atoms with Gasteiger partial charge in [0.05, 0.1) is 6.61 Å². The minimum atomic E-state index is -4.08. The molecule has 1 aromatic carbocycles. The van der Waals surface area contributed by atoms with Crippen LogP contribution >= 0.6 is 23.2 Å². The van der Waals surface area contributed by atoms with Crippen molar-refractivity contribution in [2.24, 2.45) is 5.14 Å². The molecule has 2 N–H and O–H groups in total. The van der Waals surface area contributed by atoms with E-state index in [4.69, 9.17) is 37.8 Å². The number of nitrogens with two attached hydrogens (primary N) is 1. The van der Waals surface area contributed by atoms with Gasteiger partial charge in [-0.15, -0.1) is 0 Å². The lowest BCUT2D eigenvalue weighted by molar-refractivity contribution is -0.148. The average Bonchev–Trinajstić information content (AvgIpc) is 2.61. The lowest BCUT2D eigenvalue weighted by Crippen LogP contribution is -2.28. The molecule has 0 aromatic heterocycles. The first-order valence-electron chi connectivity index (χ1n) is 6.06. The van der Waals surface area contributed by atoms with E-state index >= 15 is 0 Å². The van der Waals surface area contributed by atoms with E-state index in [0.717, 1.165) is 0 Å². The van der Waals surface area contributed by atoms with Gasteiger partial charge in [0.2, 0.25) is 0 Å². The van der Waals surface area contributed by atoms with Crippen LogP contribution in [0.3, 0.4) is 0 Å². The zero-order valence-electron chi connectivity index (χ0n) is 11.4. The average molecular weight is 356 g/mol. The minimum Gasteiger partial charge on any atom is -0.342 e. The number of halogens is 2. The summed E-state index contributed by atoms with van der Waals surface area (Å²) in [5.41, 5.74) is 0.523. The summed E-state index contributed by atoms with van der Waals surface area (Å²) in [5.74, 6) is -0.931. The van der Waals surface area contributed by atoms with Gasteiger partial charge >= 0.3 is 10.3 Å². The van der Waals surface area contributed by atoms with Gasteiger partial charge in [-0.3, -0.25) is 4.18 Å². The van der Waals surface area contributed by atoms with Crippen molar-refractivity contribution in [3.8, 4) is 0 Å². The topological polar surface area (TPSA) is 87.9 Å². The van der Waals surface area contributed by atoms with E-state index in [1.807, 2.05) is 0 Å². The van der Waals surface area contributed by atoms with E-state index in [9.17, 15) is 8.42 Å². The molecule has 1 aliphatic rings. The van der Waals surface area contributed by atoms with E-state index < -0.39 is 28.3 Å². The maximum atomic E-state index is 10.9. The molecule has 0 aliphatic carbocycles. The second kappa shape index (κ2) is 6.00. The van der Waals surface area contributed by atoms with Crippen molar-refractivity contribution >= 4 is 33.5 Å². The van der Waals surface area contributed by atoms with Crippen LogP contribution in [0.4, 0.5) is 0 Å². The molecular formula is C12H15Cl2NO5S. The Balaban J connectivity index is 2.30. The van der Waals surface area contributed by atoms with Crippen LogP contribution in [0, 0.1) is 0 Å². The number of benzene rings is 1. The molecule has 1 heterocycles.